The lowest BCUT2D eigenvalue weighted by atomic mass is 9.81. The molecule has 0 aliphatic carbocycles. The van der Waals surface area contributed by atoms with Crippen molar-refractivity contribution in [3.63, 3.8) is 0 Å². The maximum absolute atomic E-state index is 12.6. The summed E-state index contributed by atoms with van der Waals surface area (Å²) in [6.45, 7) is 0. The molecule has 108 valence electrons. The maximum atomic E-state index is 12.6. The average molecular weight is 326 g/mol. The minimum absolute atomic E-state index is 0.0123. The Kier molecular flexibility index (Phi) is 2.24. The molecule has 0 N–H and O–H groups in total. The van der Waals surface area contributed by atoms with E-state index in [0.717, 1.165) is 0 Å². The molecule has 6 atom stereocenters. The molecule has 4 heterocycles. The number of rotatable bonds is 1. The van der Waals surface area contributed by atoms with Gasteiger partial charge in [-0.2, -0.15) is 0 Å². The maximum Gasteiger partial charge on any atom is 0.240 e. The lowest BCUT2D eigenvalue weighted by molar-refractivity contribution is -0.126. The zero-order valence-electron chi connectivity index (χ0n) is 10.5. The van der Waals surface area contributed by atoms with Crippen LogP contribution >= 0.6 is 23.2 Å². The molecule has 5 rings (SSSR count). The van der Waals surface area contributed by atoms with Gasteiger partial charge in [0.15, 0.2) is 0 Å². The molecule has 1 aromatic carbocycles. The van der Waals surface area contributed by atoms with Crippen LogP contribution in [0, 0.1) is 11.8 Å². The van der Waals surface area contributed by atoms with Gasteiger partial charge in [0, 0.05) is 0 Å². The number of epoxide rings is 1. The summed E-state index contributed by atoms with van der Waals surface area (Å²) in [6, 6.07) is 4.76. The summed E-state index contributed by atoms with van der Waals surface area (Å²) in [5.74, 6) is -1.32. The number of hydrogen-bond acceptors (Lipinski definition) is 4. The van der Waals surface area contributed by atoms with Gasteiger partial charge in [0.1, 0.15) is 12.2 Å². The molecule has 2 amide bonds. The van der Waals surface area contributed by atoms with Gasteiger partial charge in [-0.3, -0.25) is 9.59 Å². The average Bonchev–Trinajstić information content (AvgIpc) is 2.97. The van der Waals surface area contributed by atoms with Crippen molar-refractivity contribution in [2.24, 2.45) is 11.8 Å². The van der Waals surface area contributed by atoms with Crippen LogP contribution in [0.3, 0.4) is 0 Å². The lowest BCUT2D eigenvalue weighted by Crippen LogP contribution is -2.35. The zero-order valence-corrected chi connectivity index (χ0v) is 12.0. The Balaban J connectivity index is 1.56. The van der Waals surface area contributed by atoms with Gasteiger partial charge >= 0.3 is 0 Å². The van der Waals surface area contributed by atoms with Crippen LogP contribution in [0.1, 0.15) is 0 Å². The van der Waals surface area contributed by atoms with Gasteiger partial charge < -0.3 is 9.47 Å². The van der Waals surface area contributed by atoms with Gasteiger partial charge in [-0.05, 0) is 18.2 Å². The minimum Gasteiger partial charge on any atom is -0.368 e. The van der Waals surface area contributed by atoms with Crippen LogP contribution < -0.4 is 4.90 Å². The number of carbonyl (C=O) groups excluding carboxylic acids is 2. The Bertz CT molecular complexity index is 676. The summed E-state index contributed by atoms with van der Waals surface area (Å²) >= 11 is 11.9. The van der Waals surface area contributed by atoms with Crippen molar-refractivity contribution in [1.29, 1.82) is 0 Å². The molecule has 5 nitrogen and oxygen atoms in total. The van der Waals surface area contributed by atoms with Crippen molar-refractivity contribution >= 4 is 40.7 Å². The topological polar surface area (TPSA) is 59.1 Å². The summed E-state index contributed by atoms with van der Waals surface area (Å²) in [5, 5.41) is 0.704. The van der Waals surface area contributed by atoms with E-state index in [-0.39, 0.29) is 36.2 Å². The van der Waals surface area contributed by atoms with Crippen LogP contribution in [0.25, 0.3) is 0 Å². The molecule has 4 saturated heterocycles. The number of benzene rings is 1. The summed E-state index contributed by atoms with van der Waals surface area (Å²) in [7, 11) is 0. The molecule has 4 aliphatic rings. The Hall–Kier alpha value is -1.14. The Labute approximate surface area is 129 Å². The fraction of sp³-hybridized carbons (Fsp3) is 0.429. The van der Waals surface area contributed by atoms with Gasteiger partial charge in [-0.15, -0.1) is 0 Å². The smallest absolute Gasteiger partial charge is 0.240 e. The largest absolute Gasteiger partial charge is 0.368 e. The van der Waals surface area contributed by atoms with Crippen molar-refractivity contribution in [3.05, 3.63) is 28.2 Å². The van der Waals surface area contributed by atoms with E-state index in [1.165, 1.54) is 4.90 Å². The molecule has 1 aromatic rings. The van der Waals surface area contributed by atoms with E-state index in [9.17, 15) is 9.59 Å². The highest BCUT2D eigenvalue weighted by molar-refractivity contribution is 6.42. The summed E-state index contributed by atoms with van der Waals surface area (Å²) < 4.78 is 11.2. The highest BCUT2D eigenvalue weighted by Crippen LogP contribution is 2.57. The number of imide groups is 1. The highest BCUT2D eigenvalue weighted by atomic mass is 35.5. The van der Waals surface area contributed by atoms with Gasteiger partial charge in [0.05, 0.1) is 39.8 Å². The van der Waals surface area contributed by atoms with Gasteiger partial charge in [-0.1, -0.05) is 23.2 Å². The standard InChI is InChI=1S/C14H9Cl2NO4/c15-5-2-1-4(3-6(5)16)17-13(18)7-8(14(17)19)10-12-11(21-12)9(7)20-10/h1-3,7-12H. The summed E-state index contributed by atoms with van der Waals surface area (Å²) in [6.07, 6.45) is -0.591. The van der Waals surface area contributed by atoms with Crippen molar-refractivity contribution in [3.8, 4) is 0 Å². The quantitative estimate of drug-likeness (QED) is 0.582. The van der Waals surface area contributed by atoms with Crippen molar-refractivity contribution < 1.29 is 19.1 Å². The molecule has 6 unspecified atom stereocenters. The molecular weight excluding hydrogens is 317 g/mol. The van der Waals surface area contributed by atoms with E-state index >= 15 is 0 Å². The van der Waals surface area contributed by atoms with Crippen LogP contribution in [0.2, 0.25) is 10.0 Å². The predicted molar refractivity (Wildman–Crippen MR) is 73.3 cm³/mol. The molecule has 21 heavy (non-hydrogen) atoms. The van der Waals surface area contributed by atoms with E-state index < -0.39 is 11.8 Å². The number of hydrogen-bond donors (Lipinski definition) is 0. The minimum atomic E-state index is -0.430. The predicted octanol–water partition coefficient (Wildman–Crippen LogP) is 1.65. The first-order valence-corrected chi connectivity index (χ1v) is 7.47. The van der Waals surface area contributed by atoms with Crippen molar-refractivity contribution in [1.82, 2.24) is 0 Å². The van der Waals surface area contributed by atoms with Crippen LogP contribution in [-0.2, 0) is 19.1 Å². The molecule has 2 bridgehead atoms. The lowest BCUT2D eigenvalue weighted by Gasteiger charge is -2.18. The third-order valence-electron chi connectivity index (χ3n) is 4.79. The zero-order chi connectivity index (χ0) is 14.5. The number of ether oxygens (including phenoxy) is 2. The van der Waals surface area contributed by atoms with Crippen LogP contribution in [0.4, 0.5) is 5.69 Å². The van der Waals surface area contributed by atoms with E-state index in [1.807, 2.05) is 0 Å². The third kappa shape index (κ3) is 1.40. The van der Waals surface area contributed by atoms with E-state index in [1.54, 1.807) is 18.2 Å². The molecule has 7 heteroatoms. The molecular formula is C14H9Cl2NO4. The normalized spacial score (nSPS) is 42.5. The second kappa shape index (κ2) is 3.79. The fourth-order valence-electron chi connectivity index (χ4n) is 3.86. The molecule has 0 aromatic heterocycles. The molecule has 4 fully saturated rings. The van der Waals surface area contributed by atoms with Gasteiger partial charge in [0.2, 0.25) is 11.8 Å². The van der Waals surface area contributed by atoms with Gasteiger partial charge in [-0.25, -0.2) is 4.90 Å². The van der Waals surface area contributed by atoms with Crippen LogP contribution in [-0.4, -0.2) is 36.2 Å². The van der Waals surface area contributed by atoms with E-state index in [0.29, 0.717) is 15.7 Å². The number of nitrogens with zero attached hydrogens (tertiary/aromatic N) is 1. The first kappa shape index (κ1) is 12.4. The second-order valence-electron chi connectivity index (χ2n) is 5.79. The Morgan fingerprint density at radius 1 is 0.857 bits per heavy atom. The highest BCUT2D eigenvalue weighted by Gasteiger charge is 2.75. The number of anilines is 1. The SMILES string of the molecule is O=C1C2C3OC(C4OC43)C2C(=O)N1c1ccc(Cl)c(Cl)c1. The first-order valence-electron chi connectivity index (χ1n) is 6.72. The Morgan fingerprint density at radius 3 is 2.00 bits per heavy atom. The number of carbonyl (C=O) groups is 2. The molecule has 0 radical (unpaired) electrons. The van der Waals surface area contributed by atoms with Gasteiger partial charge in [0.25, 0.3) is 0 Å². The first-order chi connectivity index (χ1) is 10.1. The second-order valence-corrected chi connectivity index (χ2v) is 6.61. The fourth-order valence-corrected chi connectivity index (χ4v) is 4.15. The van der Waals surface area contributed by atoms with Crippen molar-refractivity contribution in [2.45, 2.75) is 24.4 Å². The van der Waals surface area contributed by atoms with Crippen LogP contribution in [0.5, 0.6) is 0 Å². The van der Waals surface area contributed by atoms with E-state index in [2.05, 4.69) is 0 Å². The van der Waals surface area contributed by atoms with E-state index in [4.69, 9.17) is 32.7 Å². The number of amides is 2. The monoisotopic (exact) mass is 325 g/mol. The third-order valence-corrected chi connectivity index (χ3v) is 5.53. The summed E-state index contributed by atoms with van der Waals surface area (Å²) in [5.41, 5.74) is 0.461. The number of fused-ring (bicyclic) bond motifs is 8. The number of halogens is 2. The van der Waals surface area contributed by atoms with Crippen molar-refractivity contribution in [2.75, 3.05) is 4.90 Å². The molecule has 4 aliphatic heterocycles. The van der Waals surface area contributed by atoms with Crippen LogP contribution in [0.15, 0.2) is 18.2 Å². The Morgan fingerprint density at radius 2 is 1.43 bits per heavy atom. The summed E-state index contributed by atoms with van der Waals surface area (Å²) in [4.78, 5) is 26.5. The molecule has 0 saturated carbocycles. The molecule has 0 spiro atoms.